The van der Waals surface area contributed by atoms with E-state index in [9.17, 15) is 0 Å². The predicted octanol–water partition coefficient (Wildman–Crippen LogP) is 3.32. The first-order valence-corrected chi connectivity index (χ1v) is 8.30. The molecule has 1 aliphatic rings. The summed E-state index contributed by atoms with van der Waals surface area (Å²) in [5.74, 6) is 1.61. The second-order valence-corrected chi connectivity index (χ2v) is 6.40. The topological polar surface area (TPSA) is 44.3 Å². The molecule has 0 radical (unpaired) electrons. The molecular formula is C17H22ClN5. The lowest BCUT2D eigenvalue weighted by molar-refractivity contribution is 0.360. The molecule has 5 nitrogen and oxygen atoms in total. The first-order valence-electron chi connectivity index (χ1n) is 7.92. The Labute approximate surface area is 142 Å². The Morgan fingerprint density at radius 2 is 1.83 bits per heavy atom. The van der Waals surface area contributed by atoms with Gasteiger partial charge in [-0.25, -0.2) is 4.98 Å². The van der Waals surface area contributed by atoms with Crippen LogP contribution in [0.25, 0.3) is 0 Å². The summed E-state index contributed by atoms with van der Waals surface area (Å²) in [5.41, 5.74) is 1.89. The minimum atomic E-state index is 0.625. The SMILES string of the molecule is Cc1cc(N2CCCN(C)CC2)nc(Nc2ccc(Cl)cc2)n1. The summed E-state index contributed by atoms with van der Waals surface area (Å²) in [7, 11) is 2.17. The van der Waals surface area contributed by atoms with Gasteiger partial charge in [-0.3, -0.25) is 0 Å². The van der Waals surface area contributed by atoms with Gasteiger partial charge in [-0.15, -0.1) is 0 Å². The van der Waals surface area contributed by atoms with Crippen LogP contribution in [0.5, 0.6) is 0 Å². The zero-order valence-electron chi connectivity index (χ0n) is 13.6. The van der Waals surface area contributed by atoms with Gasteiger partial charge in [0.25, 0.3) is 0 Å². The molecule has 0 aliphatic carbocycles. The molecule has 0 saturated carbocycles. The third kappa shape index (κ3) is 4.33. The van der Waals surface area contributed by atoms with Crippen molar-refractivity contribution in [2.24, 2.45) is 0 Å². The van der Waals surface area contributed by atoms with Crippen molar-refractivity contribution in [1.82, 2.24) is 14.9 Å². The lowest BCUT2D eigenvalue weighted by atomic mass is 10.3. The molecule has 122 valence electrons. The molecule has 3 rings (SSSR count). The van der Waals surface area contributed by atoms with E-state index >= 15 is 0 Å². The highest BCUT2D eigenvalue weighted by Gasteiger charge is 2.15. The van der Waals surface area contributed by atoms with Crippen molar-refractivity contribution in [2.75, 3.05) is 43.4 Å². The number of nitrogens with zero attached hydrogens (tertiary/aromatic N) is 4. The van der Waals surface area contributed by atoms with Gasteiger partial charge >= 0.3 is 0 Å². The van der Waals surface area contributed by atoms with Crippen LogP contribution in [-0.2, 0) is 0 Å². The lowest BCUT2D eigenvalue weighted by Crippen LogP contribution is -2.29. The van der Waals surface area contributed by atoms with Crippen molar-refractivity contribution in [3.8, 4) is 0 Å². The molecule has 0 atom stereocenters. The standard InChI is InChI=1S/C17H22ClN5/c1-13-12-16(23-9-3-8-22(2)10-11-23)21-17(19-13)20-15-6-4-14(18)5-7-15/h4-7,12H,3,8-11H2,1-2H3,(H,19,20,21). The highest BCUT2D eigenvalue weighted by Crippen LogP contribution is 2.20. The second kappa shape index (κ2) is 7.15. The summed E-state index contributed by atoms with van der Waals surface area (Å²) >= 11 is 5.92. The van der Waals surface area contributed by atoms with Gasteiger partial charge in [0.1, 0.15) is 5.82 Å². The first-order chi connectivity index (χ1) is 11.1. The van der Waals surface area contributed by atoms with Crippen LogP contribution in [0.15, 0.2) is 30.3 Å². The van der Waals surface area contributed by atoms with Gasteiger partial charge in [-0.1, -0.05) is 11.6 Å². The molecule has 1 N–H and O–H groups in total. The number of benzene rings is 1. The van der Waals surface area contributed by atoms with E-state index in [1.165, 1.54) is 0 Å². The van der Waals surface area contributed by atoms with Crippen LogP contribution in [-0.4, -0.2) is 48.1 Å². The van der Waals surface area contributed by atoms with Gasteiger partial charge in [0.05, 0.1) is 0 Å². The number of aryl methyl sites for hydroxylation is 1. The molecule has 0 amide bonds. The highest BCUT2D eigenvalue weighted by atomic mass is 35.5. The van der Waals surface area contributed by atoms with Crippen LogP contribution in [0.2, 0.25) is 5.02 Å². The highest BCUT2D eigenvalue weighted by molar-refractivity contribution is 6.30. The Morgan fingerprint density at radius 3 is 2.61 bits per heavy atom. The summed E-state index contributed by atoms with van der Waals surface area (Å²) < 4.78 is 0. The quantitative estimate of drug-likeness (QED) is 0.934. The van der Waals surface area contributed by atoms with Gasteiger partial charge in [-0.05, 0) is 51.2 Å². The summed E-state index contributed by atoms with van der Waals surface area (Å²) in [4.78, 5) is 13.9. The van der Waals surface area contributed by atoms with Crippen molar-refractivity contribution in [2.45, 2.75) is 13.3 Å². The summed E-state index contributed by atoms with van der Waals surface area (Å²) in [5, 5.41) is 3.98. The molecule has 0 spiro atoms. The van der Waals surface area contributed by atoms with Crippen LogP contribution in [0, 0.1) is 6.92 Å². The first kappa shape index (κ1) is 16.0. The van der Waals surface area contributed by atoms with E-state index in [-0.39, 0.29) is 0 Å². The van der Waals surface area contributed by atoms with E-state index in [1.54, 1.807) is 0 Å². The Balaban J connectivity index is 1.79. The maximum Gasteiger partial charge on any atom is 0.229 e. The largest absolute Gasteiger partial charge is 0.355 e. The molecule has 23 heavy (non-hydrogen) atoms. The molecule has 1 aromatic heterocycles. The Hall–Kier alpha value is -1.85. The number of hydrogen-bond acceptors (Lipinski definition) is 5. The average molecular weight is 332 g/mol. The van der Waals surface area contributed by atoms with Gasteiger partial charge < -0.3 is 15.1 Å². The number of likely N-dealkylation sites (N-methyl/N-ethyl adjacent to an activating group) is 1. The van der Waals surface area contributed by atoms with Crippen LogP contribution in [0.1, 0.15) is 12.1 Å². The number of rotatable bonds is 3. The Bertz CT molecular complexity index is 659. The summed E-state index contributed by atoms with van der Waals surface area (Å²) in [6.07, 6.45) is 1.15. The lowest BCUT2D eigenvalue weighted by Gasteiger charge is -2.22. The maximum atomic E-state index is 5.92. The summed E-state index contributed by atoms with van der Waals surface area (Å²) in [6, 6.07) is 9.61. The number of nitrogens with one attached hydrogen (secondary N) is 1. The molecule has 0 bridgehead atoms. The van der Waals surface area contributed by atoms with E-state index < -0.39 is 0 Å². The summed E-state index contributed by atoms with van der Waals surface area (Å²) in [6.45, 7) is 6.22. The van der Waals surface area contributed by atoms with Gasteiger partial charge in [0.2, 0.25) is 5.95 Å². The number of halogens is 1. The number of anilines is 3. The van der Waals surface area contributed by atoms with Crippen LogP contribution in [0.3, 0.4) is 0 Å². The smallest absolute Gasteiger partial charge is 0.229 e. The van der Waals surface area contributed by atoms with Crippen molar-refractivity contribution in [3.05, 3.63) is 41.0 Å². The molecule has 0 unspecified atom stereocenters. The third-order valence-electron chi connectivity index (χ3n) is 3.98. The van der Waals surface area contributed by atoms with Crippen molar-refractivity contribution < 1.29 is 0 Å². The fraction of sp³-hybridized carbons (Fsp3) is 0.412. The minimum absolute atomic E-state index is 0.625. The molecule has 1 aliphatic heterocycles. The van der Waals surface area contributed by atoms with Crippen molar-refractivity contribution in [3.63, 3.8) is 0 Å². The van der Waals surface area contributed by atoms with Gasteiger partial charge in [0.15, 0.2) is 0 Å². The Kier molecular flexibility index (Phi) is 4.98. The van der Waals surface area contributed by atoms with Crippen LogP contribution < -0.4 is 10.2 Å². The monoisotopic (exact) mass is 331 g/mol. The Morgan fingerprint density at radius 1 is 1.04 bits per heavy atom. The van der Waals surface area contributed by atoms with Crippen LogP contribution in [0.4, 0.5) is 17.5 Å². The fourth-order valence-electron chi connectivity index (χ4n) is 2.71. The second-order valence-electron chi connectivity index (χ2n) is 5.97. The van der Waals surface area contributed by atoms with E-state index in [4.69, 9.17) is 16.6 Å². The molecule has 2 heterocycles. The zero-order valence-corrected chi connectivity index (χ0v) is 14.3. The molecular weight excluding hydrogens is 310 g/mol. The molecule has 2 aromatic rings. The predicted molar refractivity (Wildman–Crippen MR) is 95.8 cm³/mol. The molecule has 6 heteroatoms. The number of aromatic nitrogens is 2. The van der Waals surface area contributed by atoms with Crippen molar-refractivity contribution in [1.29, 1.82) is 0 Å². The van der Waals surface area contributed by atoms with E-state index in [0.717, 1.165) is 54.8 Å². The molecule has 1 aromatic carbocycles. The van der Waals surface area contributed by atoms with E-state index in [1.807, 2.05) is 31.2 Å². The minimum Gasteiger partial charge on any atom is -0.355 e. The maximum absolute atomic E-state index is 5.92. The molecule has 1 saturated heterocycles. The average Bonchev–Trinajstić information content (AvgIpc) is 2.74. The van der Waals surface area contributed by atoms with E-state index in [0.29, 0.717) is 5.95 Å². The fourth-order valence-corrected chi connectivity index (χ4v) is 2.83. The van der Waals surface area contributed by atoms with Crippen molar-refractivity contribution >= 4 is 29.1 Å². The number of hydrogen-bond donors (Lipinski definition) is 1. The van der Waals surface area contributed by atoms with E-state index in [2.05, 4.69) is 33.2 Å². The zero-order chi connectivity index (χ0) is 16.2. The van der Waals surface area contributed by atoms with Crippen LogP contribution >= 0.6 is 11.6 Å². The third-order valence-corrected chi connectivity index (χ3v) is 4.24. The van der Waals surface area contributed by atoms with Gasteiger partial charge in [0, 0.05) is 42.1 Å². The normalized spacial score (nSPS) is 16.2. The van der Waals surface area contributed by atoms with Gasteiger partial charge in [-0.2, -0.15) is 4.98 Å². The molecule has 1 fully saturated rings.